The average Bonchev–Trinajstić information content (AvgIpc) is 1.90. The van der Waals surface area contributed by atoms with Gasteiger partial charge in [-0.2, -0.15) is 5.10 Å². The van der Waals surface area contributed by atoms with Crippen LogP contribution >= 0.6 is 0 Å². The summed E-state index contributed by atoms with van der Waals surface area (Å²) in [7, 11) is 1.93. The Kier molecular flexibility index (Phi) is 1.88. The molecule has 2 nitrogen and oxygen atoms in total. The van der Waals surface area contributed by atoms with E-state index in [-0.39, 0.29) is 0 Å². The predicted octanol–water partition coefficient (Wildman–Crippen LogP) is 1.46. The van der Waals surface area contributed by atoms with Crippen LogP contribution in [0.5, 0.6) is 0 Å². The third-order valence-electron chi connectivity index (χ3n) is 1.46. The first-order chi connectivity index (χ1) is 4.33. The van der Waals surface area contributed by atoms with Crippen LogP contribution in [0, 0.1) is 5.92 Å². The summed E-state index contributed by atoms with van der Waals surface area (Å²) in [4.78, 5) is 0. The number of hydrogen-bond acceptors (Lipinski definition) is 2. The highest BCUT2D eigenvalue weighted by Crippen LogP contribution is 2.06. The van der Waals surface area contributed by atoms with Crippen LogP contribution in [-0.2, 0) is 0 Å². The van der Waals surface area contributed by atoms with E-state index in [0.29, 0.717) is 5.92 Å². The van der Waals surface area contributed by atoms with Gasteiger partial charge in [0.15, 0.2) is 0 Å². The lowest BCUT2D eigenvalue weighted by molar-refractivity contribution is 0.474. The Labute approximate surface area is 55.9 Å². The van der Waals surface area contributed by atoms with Gasteiger partial charge in [-0.3, -0.25) is 5.01 Å². The SMILES string of the molecule is CCC1C=CN(C)N=C1. The summed E-state index contributed by atoms with van der Waals surface area (Å²) in [6, 6.07) is 0. The smallest absolute Gasteiger partial charge is 0.0318 e. The minimum atomic E-state index is 0.557. The standard InChI is InChI=1S/C7H12N2/c1-3-7-4-5-9(2)8-6-7/h4-7H,3H2,1-2H3. The van der Waals surface area contributed by atoms with Crippen molar-refractivity contribution in [2.75, 3.05) is 7.05 Å². The second-order valence-electron chi connectivity index (χ2n) is 2.25. The van der Waals surface area contributed by atoms with Crippen molar-refractivity contribution in [2.45, 2.75) is 13.3 Å². The molecule has 9 heavy (non-hydrogen) atoms. The molecule has 0 aromatic carbocycles. The third-order valence-corrected chi connectivity index (χ3v) is 1.46. The minimum absolute atomic E-state index is 0.557. The van der Waals surface area contributed by atoms with Crippen molar-refractivity contribution in [3.05, 3.63) is 12.3 Å². The van der Waals surface area contributed by atoms with E-state index in [1.807, 2.05) is 24.5 Å². The van der Waals surface area contributed by atoms with Gasteiger partial charge in [0, 0.05) is 25.4 Å². The number of allylic oxidation sites excluding steroid dienone is 1. The fourth-order valence-electron chi connectivity index (χ4n) is 0.756. The van der Waals surface area contributed by atoms with Crippen molar-refractivity contribution >= 4 is 6.21 Å². The number of hydrazone groups is 1. The van der Waals surface area contributed by atoms with Crippen molar-refractivity contribution in [1.29, 1.82) is 0 Å². The molecule has 0 fully saturated rings. The Bertz CT molecular complexity index is 124. The number of nitrogens with zero attached hydrogens (tertiary/aromatic N) is 2. The lowest BCUT2D eigenvalue weighted by atomic mass is 10.1. The van der Waals surface area contributed by atoms with E-state index >= 15 is 0 Å². The van der Waals surface area contributed by atoms with Crippen LogP contribution in [0.3, 0.4) is 0 Å². The number of rotatable bonds is 1. The molecule has 1 unspecified atom stereocenters. The Hall–Kier alpha value is -0.790. The second-order valence-corrected chi connectivity index (χ2v) is 2.25. The summed E-state index contributed by atoms with van der Waals surface area (Å²) in [6.45, 7) is 2.16. The molecular weight excluding hydrogens is 112 g/mol. The molecule has 1 heterocycles. The first kappa shape index (κ1) is 6.33. The van der Waals surface area contributed by atoms with Crippen LogP contribution < -0.4 is 0 Å². The van der Waals surface area contributed by atoms with E-state index < -0.39 is 0 Å². The zero-order valence-corrected chi connectivity index (χ0v) is 5.91. The Balaban J connectivity index is 2.48. The number of hydrogen-bond donors (Lipinski definition) is 0. The van der Waals surface area contributed by atoms with Gasteiger partial charge in [0.1, 0.15) is 0 Å². The van der Waals surface area contributed by atoms with Gasteiger partial charge in [0.2, 0.25) is 0 Å². The topological polar surface area (TPSA) is 15.6 Å². The van der Waals surface area contributed by atoms with Crippen molar-refractivity contribution < 1.29 is 0 Å². The van der Waals surface area contributed by atoms with Crippen LogP contribution in [0.25, 0.3) is 0 Å². The molecule has 1 aliphatic rings. The lowest BCUT2D eigenvalue weighted by Gasteiger charge is -2.13. The average molecular weight is 124 g/mol. The highest BCUT2D eigenvalue weighted by Gasteiger charge is 2.01. The van der Waals surface area contributed by atoms with Gasteiger partial charge >= 0.3 is 0 Å². The molecule has 0 spiro atoms. The van der Waals surface area contributed by atoms with Gasteiger partial charge in [-0.1, -0.05) is 13.0 Å². The maximum absolute atomic E-state index is 4.10. The summed E-state index contributed by atoms with van der Waals surface area (Å²) in [5.74, 6) is 0.557. The predicted molar refractivity (Wildman–Crippen MR) is 39.2 cm³/mol. The van der Waals surface area contributed by atoms with Crippen molar-refractivity contribution in [3.63, 3.8) is 0 Å². The summed E-state index contributed by atoms with van der Waals surface area (Å²) in [5.41, 5.74) is 0. The highest BCUT2D eigenvalue weighted by atomic mass is 15.4. The largest absolute Gasteiger partial charge is 0.276 e. The van der Waals surface area contributed by atoms with Gasteiger partial charge in [-0.15, -0.1) is 0 Å². The molecule has 0 saturated heterocycles. The lowest BCUT2D eigenvalue weighted by Crippen LogP contribution is -2.10. The summed E-state index contributed by atoms with van der Waals surface area (Å²) >= 11 is 0. The fraction of sp³-hybridized carbons (Fsp3) is 0.571. The molecule has 1 aliphatic heterocycles. The van der Waals surface area contributed by atoms with Crippen molar-refractivity contribution in [1.82, 2.24) is 5.01 Å². The van der Waals surface area contributed by atoms with Gasteiger partial charge in [-0.25, -0.2) is 0 Å². The van der Waals surface area contributed by atoms with Crippen LogP contribution in [0.2, 0.25) is 0 Å². The Morgan fingerprint density at radius 1 is 1.67 bits per heavy atom. The van der Waals surface area contributed by atoms with Crippen LogP contribution in [0.4, 0.5) is 0 Å². The maximum Gasteiger partial charge on any atom is 0.0318 e. The quantitative estimate of drug-likeness (QED) is 0.516. The summed E-state index contributed by atoms with van der Waals surface area (Å²) in [5, 5.41) is 5.92. The molecule has 0 aromatic heterocycles. The Morgan fingerprint density at radius 2 is 2.44 bits per heavy atom. The molecule has 50 valence electrons. The zero-order chi connectivity index (χ0) is 6.69. The van der Waals surface area contributed by atoms with Crippen LogP contribution in [-0.4, -0.2) is 18.3 Å². The second kappa shape index (κ2) is 2.67. The van der Waals surface area contributed by atoms with Gasteiger partial charge in [0.05, 0.1) is 0 Å². The first-order valence-electron chi connectivity index (χ1n) is 3.28. The molecule has 0 aromatic rings. The van der Waals surface area contributed by atoms with E-state index in [1.54, 1.807) is 0 Å². The van der Waals surface area contributed by atoms with E-state index in [1.165, 1.54) is 0 Å². The van der Waals surface area contributed by atoms with Crippen molar-refractivity contribution in [2.24, 2.45) is 11.0 Å². The summed E-state index contributed by atoms with van der Waals surface area (Å²) < 4.78 is 0. The molecule has 0 radical (unpaired) electrons. The molecule has 0 bridgehead atoms. The van der Waals surface area contributed by atoms with Gasteiger partial charge < -0.3 is 0 Å². The van der Waals surface area contributed by atoms with E-state index in [9.17, 15) is 0 Å². The molecule has 0 saturated carbocycles. The maximum atomic E-state index is 4.10. The van der Waals surface area contributed by atoms with E-state index in [2.05, 4.69) is 18.1 Å². The molecular formula is C7H12N2. The molecule has 0 aliphatic carbocycles. The van der Waals surface area contributed by atoms with Gasteiger partial charge in [0.25, 0.3) is 0 Å². The van der Waals surface area contributed by atoms with Crippen molar-refractivity contribution in [3.8, 4) is 0 Å². The first-order valence-corrected chi connectivity index (χ1v) is 3.28. The molecule has 0 amide bonds. The molecule has 2 heteroatoms. The molecule has 1 rings (SSSR count). The minimum Gasteiger partial charge on any atom is -0.276 e. The van der Waals surface area contributed by atoms with Crippen LogP contribution in [0.15, 0.2) is 17.4 Å². The summed E-state index contributed by atoms with van der Waals surface area (Å²) in [6.07, 6.45) is 7.27. The highest BCUT2D eigenvalue weighted by molar-refractivity contribution is 5.63. The normalized spacial score (nSPS) is 25.1. The molecule has 0 N–H and O–H groups in total. The van der Waals surface area contributed by atoms with Crippen LogP contribution in [0.1, 0.15) is 13.3 Å². The monoisotopic (exact) mass is 124 g/mol. The Morgan fingerprint density at radius 3 is 2.89 bits per heavy atom. The molecule has 1 atom stereocenters. The zero-order valence-electron chi connectivity index (χ0n) is 5.91. The van der Waals surface area contributed by atoms with E-state index in [0.717, 1.165) is 6.42 Å². The third kappa shape index (κ3) is 1.56. The fourth-order valence-corrected chi connectivity index (χ4v) is 0.756. The van der Waals surface area contributed by atoms with Gasteiger partial charge in [-0.05, 0) is 6.42 Å². The van der Waals surface area contributed by atoms with E-state index in [4.69, 9.17) is 0 Å².